The fourth-order valence-electron chi connectivity index (χ4n) is 2.17. The van der Waals surface area contributed by atoms with Crippen LogP contribution in [0, 0.1) is 0 Å². The summed E-state index contributed by atoms with van der Waals surface area (Å²) < 4.78 is 16.0. The van der Waals surface area contributed by atoms with Crippen molar-refractivity contribution in [2.75, 3.05) is 19.8 Å². The lowest BCUT2D eigenvalue weighted by atomic mass is 10.2. The minimum atomic E-state index is -0.175. The zero-order chi connectivity index (χ0) is 16.2. The largest absolute Gasteiger partial charge is 0.486 e. The molecule has 0 aliphatic carbocycles. The molecule has 7 nitrogen and oxygen atoms in total. The van der Waals surface area contributed by atoms with Gasteiger partial charge in [-0.15, -0.1) is 0 Å². The van der Waals surface area contributed by atoms with Gasteiger partial charge in [0.05, 0.1) is 0 Å². The van der Waals surface area contributed by atoms with E-state index in [-0.39, 0.29) is 11.8 Å². The summed E-state index contributed by atoms with van der Waals surface area (Å²) in [7, 11) is 0. The minimum Gasteiger partial charge on any atom is -0.486 e. The smallest absolute Gasteiger partial charge is 0.251 e. The average molecular weight is 317 g/mol. The standard InChI is InChI=1S/C16H19N3O4/c1-10(2)15-18-14(23-19-15)5-6-17-16(20)11-3-4-12-13(9-11)22-8-7-21-12/h3-4,9-10H,5-8H2,1-2H3,(H,17,20). The molecule has 122 valence electrons. The van der Waals surface area contributed by atoms with Crippen LogP contribution in [-0.4, -0.2) is 35.8 Å². The summed E-state index contributed by atoms with van der Waals surface area (Å²) in [5.74, 6) is 2.52. The van der Waals surface area contributed by atoms with Crippen molar-refractivity contribution in [2.45, 2.75) is 26.2 Å². The number of carbonyl (C=O) groups excluding carboxylic acids is 1. The zero-order valence-electron chi connectivity index (χ0n) is 13.2. The van der Waals surface area contributed by atoms with Gasteiger partial charge in [-0.2, -0.15) is 4.98 Å². The molecule has 0 unspecified atom stereocenters. The van der Waals surface area contributed by atoms with Gasteiger partial charge in [-0.05, 0) is 18.2 Å². The highest BCUT2D eigenvalue weighted by Crippen LogP contribution is 2.30. The second kappa shape index (κ2) is 6.68. The van der Waals surface area contributed by atoms with E-state index in [1.807, 2.05) is 13.8 Å². The van der Waals surface area contributed by atoms with Crippen LogP contribution in [-0.2, 0) is 6.42 Å². The summed E-state index contributed by atoms with van der Waals surface area (Å²) in [6.07, 6.45) is 0.496. The van der Waals surface area contributed by atoms with Crippen molar-refractivity contribution in [3.63, 3.8) is 0 Å². The molecule has 0 bridgehead atoms. The van der Waals surface area contributed by atoms with Crippen LogP contribution in [0.4, 0.5) is 0 Å². The molecular formula is C16H19N3O4. The van der Waals surface area contributed by atoms with Crippen molar-refractivity contribution in [1.29, 1.82) is 0 Å². The number of benzene rings is 1. The molecule has 0 radical (unpaired) electrons. The van der Waals surface area contributed by atoms with Crippen LogP contribution in [0.25, 0.3) is 0 Å². The summed E-state index contributed by atoms with van der Waals surface area (Å²) in [5.41, 5.74) is 0.530. The lowest BCUT2D eigenvalue weighted by molar-refractivity contribution is 0.0952. The Morgan fingerprint density at radius 1 is 1.26 bits per heavy atom. The van der Waals surface area contributed by atoms with Crippen LogP contribution >= 0.6 is 0 Å². The molecule has 1 aliphatic rings. The highest BCUT2D eigenvalue weighted by atomic mass is 16.6. The number of hydrogen-bond donors (Lipinski definition) is 1. The summed E-state index contributed by atoms with van der Waals surface area (Å²) in [6, 6.07) is 5.15. The first-order valence-corrected chi connectivity index (χ1v) is 7.64. The molecule has 23 heavy (non-hydrogen) atoms. The highest BCUT2D eigenvalue weighted by Gasteiger charge is 2.15. The van der Waals surface area contributed by atoms with Gasteiger partial charge in [-0.25, -0.2) is 0 Å². The fraction of sp³-hybridized carbons (Fsp3) is 0.438. The normalized spacial score (nSPS) is 13.2. The van der Waals surface area contributed by atoms with Crippen molar-refractivity contribution < 1.29 is 18.8 Å². The number of carbonyl (C=O) groups is 1. The molecule has 0 saturated carbocycles. The zero-order valence-corrected chi connectivity index (χ0v) is 13.2. The van der Waals surface area contributed by atoms with Crippen LogP contribution in [0.2, 0.25) is 0 Å². The molecular weight excluding hydrogens is 298 g/mol. The molecule has 1 N–H and O–H groups in total. The quantitative estimate of drug-likeness (QED) is 0.907. The first kappa shape index (κ1) is 15.3. The molecule has 0 fully saturated rings. The first-order chi connectivity index (χ1) is 11.1. The van der Waals surface area contributed by atoms with E-state index in [1.54, 1.807) is 18.2 Å². The SMILES string of the molecule is CC(C)c1noc(CCNC(=O)c2ccc3c(c2)OCCO3)n1. The van der Waals surface area contributed by atoms with Gasteiger partial charge in [0, 0.05) is 24.4 Å². The number of rotatable bonds is 5. The second-order valence-corrected chi connectivity index (χ2v) is 5.57. The van der Waals surface area contributed by atoms with Gasteiger partial charge in [-0.1, -0.05) is 19.0 Å². The maximum Gasteiger partial charge on any atom is 0.251 e. The van der Waals surface area contributed by atoms with E-state index in [2.05, 4.69) is 15.5 Å². The molecule has 1 aliphatic heterocycles. The Morgan fingerprint density at radius 3 is 2.78 bits per heavy atom. The van der Waals surface area contributed by atoms with Gasteiger partial charge in [0.1, 0.15) is 13.2 Å². The molecule has 3 rings (SSSR count). The Morgan fingerprint density at radius 2 is 2.04 bits per heavy atom. The molecule has 1 aromatic heterocycles. The monoisotopic (exact) mass is 317 g/mol. The maximum absolute atomic E-state index is 12.2. The Balaban J connectivity index is 1.54. The Hall–Kier alpha value is -2.57. The maximum atomic E-state index is 12.2. The number of fused-ring (bicyclic) bond motifs is 1. The van der Waals surface area contributed by atoms with Crippen LogP contribution < -0.4 is 14.8 Å². The van der Waals surface area contributed by atoms with Crippen LogP contribution in [0.5, 0.6) is 11.5 Å². The van der Waals surface area contributed by atoms with E-state index in [0.29, 0.717) is 55.0 Å². The summed E-state index contributed by atoms with van der Waals surface area (Å²) >= 11 is 0. The third-order valence-corrected chi connectivity index (χ3v) is 3.43. The van der Waals surface area contributed by atoms with E-state index >= 15 is 0 Å². The molecule has 0 atom stereocenters. The van der Waals surface area contributed by atoms with E-state index in [0.717, 1.165) is 0 Å². The van der Waals surface area contributed by atoms with Crippen molar-refractivity contribution in [3.05, 3.63) is 35.5 Å². The Labute approximate surface area is 134 Å². The van der Waals surface area contributed by atoms with Crippen LogP contribution in [0.15, 0.2) is 22.7 Å². The lowest BCUT2D eigenvalue weighted by Gasteiger charge is -2.18. The Kier molecular flexibility index (Phi) is 4.45. The number of aromatic nitrogens is 2. The van der Waals surface area contributed by atoms with E-state index in [9.17, 15) is 4.79 Å². The summed E-state index contributed by atoms with van der Waals surface area (Å²) in [4.78, 5) is 16.4. The van der Waals surface area contributed by atoms with Crippen LogP contribution in [0.1, 0.15) is 41.8 Å². The molecule has 2 aromatic rings. The number of nitrogens with zero attached hydrogens (tertiary/aromatic N) is 2. The number of ether oxygens (including phenoxy) is 2. The topological polar surface area (TPSA) is 86.5 Å². The van der Waals surface area contributed by atoms with Gasteiger partial charge in [0.2, 0.25) is 5.89 Å². The number of hydrogen-bond acceptors (Lipinski definition) is 6. The van der Waals surface area contributed by atoms with Crippen molar-refractivity contribution >= 4 is 5.91 Å². The third kappa shape index (κ3) is 3.61. The van der Waals surface area contributed by atoms with Gasteiger partial charge in [0.15, 0.2) is 17.3 Å². The number of amides is 1. The second-order valence-electron chi connectivity index (χ2n) is 5.57. The molecule has 0 spiro atoms. The van der Waals surface area contributed by atoms with Crippen molar-refractivity contribution in [2.24, 2.45) is 0 Å². The molecule has 1 amide bonds. The average Bonchev–Trinajstić information content (AvgIpc) is 3.03. The van der Waals surface area contributed by atoms with Gasteiger partial charge < -0.3 is 19.3 Å². The molecule has 7 heteroatoms. The van der Waals surface area contributed by atoms with Gasteiger partial charge in [-0.3, -0.25) is 4.79 Å². The summed E-state index contributed by atoms with van der Waals surface area (Å²) in [6.45, 7) is 5.44. The van der Waals surface area contributed by atoms with Gasteiger partial charge >= 0.3 is 0 Å². The van der Waals surface area contributed by atoms with Crippen molar-refractivity contribution in [3.8, 4) is 11.5 Å². The predicted molar refractivity (Wildman–Crippen MR) is 81.9 cm³/mol. The van der Waals surface area contributed by atoms with Crippen molar-refractivity contribution in [1.82, 2.24) is 15.5 Å². The predicted octanol–water partition coefficient (Wildman–Crippen LogP) is 1.94. The van der Waals surface area contributed by atoms with Gasteiger partial charge in [0.25, 0.3) is 5.91 Å². The lowest BCUT2D eigenvalue weighted by Crippen LogP contribution is -2.26. The first-order valence-electron chi connectivity index (χ1n) is 7.64. The van der Waals surface area contributed by atoms with E-state index < -0.39 is 0 Å². The van der Waals surface area contributed by atoms with Crippen LogP contribution in [0.3, 0.4) is 0 Å². The summed E-state index contributed by atoms with van der Waals surface area (Å²) in [5, 5.41) is 6.72. The van der Waals surface area contributed by atoms with E-state index in [4.69, 9.17) is 14.0 Å². The molecule has 0 saturated heterocycles. The third-order valence-electron chi connectivity index (χ3n) is 3.43. The molecule has 1 aromatic carbocycles. The minimum absolute atomic E-state index is 0.175. The number of nitrogens with one attached hydrogen (secondary N) is 1. The fourth-order valence-corrected chi connectivity index (χ4v) is 2.17. The highest BCUT2D eigenvalue weighted by molar-refractivity contribution is 5.94. The molecule has 2 heterocycles. The Bertz CT molecular complexity index is 696. The van der Waals surface area contributed by atoms with E-state index in [1.165, 1.54) is 0 Å².